The van der Waals surface area contributed by atoms with E-state index in [9.17, 15) is 0 Å². The molecular weight excluding hydrogens is 208 g/mol. The van der Waals surface area contributed by atoms with E-state index in [-0.39, 0.29) is 0 Å². The van der Waals surface area contributed by atoms with Gasteiger partial charge in [-0.25, -0.2) is 0 Å². The minimum atomic E-state index is 0.651. The van der Waals surface area contributed by atoms with E-state index in [4.69, 9.17) is 4.74 Å². The second-order valence-electron chi connectivity index (χ2n) is 3.33. The number of thioether (sulfide) groups is 1. The van der Waals surface area contributed by atoms with Gasteiger partial charge in [0.1, 0.15) is 5.82 Å². The van der Waals surface area contributed by atoms with Crippen LogP contribution in [0.1, 0.15) is 13.3 Å². The van der Waals surface area contributed by atoms with Gasteiger partial charge in [0.25, 0.3) is 0 Å². The number of hydrogen-bond acceptors (Lipinski definition) is 4. The van der Waals surface area contributed by atoms with Crippen molar-refractivity contribution in [1.82, 2.24) is 4.98 Å². The van der Waals surface area contributed by atoms with Gasteiger partial charge in [0.2, 0.25) is 5.88 Å². The maximum Gasteiger partial charge on any atom is 0.214 e. The Morgan fingerprint density at radius 1 is 1.53 bits per heavy atom. The minimum Gasteiger partial charge on any atom is -0.481 e. The lowest BCUT2D eigenvalue weighted by atomic mass is 10.3. The highest BCUT2D eigenvalue weighted by molar-refractivity contribution is 7.99. The van der Waals surface area contributed by atoms with E-state index in [1.807, 2.05) is 30.0 Å². The van der Waals surface area contributed by atoms with Crippen molar-refractivity contribution < 1.29 is 4.74 Å². The van der Waals surface area contributed by atoms with Crippen LogP contribution in [0, 0.1) is 0 Å². The van der Waals surface area contributed by atoms with Gasteiger partial charge in [0, 0.05) is 17.9 Å². The predicted octanol–water partition coefficient (Wildman–Crippen LogP) is 2.64. The highest BCUT2D eigenvalue weighted by Gasteiger charge is 2.00. The van der Waals surface area contributed by atoms with E-state index in [2.05, 4.69) is 23.5 Å². The molecule has 0 spiro atoms. The van der Waals surface area contributed by atoms with E-state index >= 15 is 0 Å². The van der Waals surface area contributed by atoms with Gasteiger partial charge in [0.05, 0.1) is 7.11 Å². The second-order valence-corrected chi connectivity index (χ2v) is 4.60. The maximum absolute atomic E-state index is 5.05. The summed E-state index contributed by atoms with van der Waals surface area (Å²) in [5, 5.41) is 3.96. The molecule has 1 aromatic rings. The average molecular weight is 226 g/mol. The predicted molar refractivity (Wildman–Crippen MR) is 66.9 cm³/mol. The van der Waals surface area contributed by atoms with Crippen molar-refractivity contribution in [1.29, 1.82) is 0 Å². The third-order valence-electron chi connectivity index (χ3n) is 2.19. The first-order chi connectivity index (χ1) is 7.26. The maximum atomic E-state index is 5.05. The Hall–Kier alpha value is -0.900. The van der Waals surface area contributed by atoms with Crippen LogP contribution in [-0.2, 0) is 0 Å². The lowest BCUT2D eigenvalue weighted by molar-refractivity contribution is 0.398. The Morgan fingerprint density at radius 2 is 2.33 bits per heavy atom. The Kier molecular flexibility index (Phi) is 5.32. The molecule has 0 bridgehead atoms. The summed E-state index contributed by atoms with van der Waals surface area (Å²) in [4.78, 5) is 4.27. The molecule has 1 unspecified atom stereocenters. The van der Waals surface area contributed by atoms with Crippen molar-refractivity contribution in [3.63, 3.8) is 0 Å². The number of rotatable bonds is 6. The second kappa shape index (κ2) is 6.56. The number of hydrogen-bond donors (Lipinski definition) is 1. The van der Waals surface area contributed by atoms with E-state index in [1.54, 1.807) is 7.11 Å². The van der Waals surface area contributed by atoms with E-state index < -0.39 is 0 Å². The third kappa shape index (κ3) is 4.42. The summed E-state index contributed by atoms with van der Waals surface area (Å²) in [6, 6.07) is 5.73. The van der Waals surface area contributed by atoms with Gasteiger partial charge >= 0.3 is 0 Å². The van der Waals surface area contributed by atoms with Crippen LogP contribution < -0.4 is 10.1 Å². The Bertz CT molecular complexity index is 294. The molecule has 1 heterocycles. The molecule has 15 heavy (non-hydrogen) atoms. The fourth-order valence-electron chi connectivity index (χ4n) is 1.15. The van der Waals surface area contributed by atoms with Crippen LogP contribution in [0.4, 0.5) is 5.82 Å². The van der Waals surface area contributed by atoms with Gasteiger partial charge in [-0.2, -0.15) is 16.7 Å². The van der Waals surface area contributed by atoms with Crippen molar-refractivity contribution in [2.24, 2.45) is 0 Å². The van der Waals surface area contributed by atoms with Gasteiger partial charge in [-0.15, -0.1) is 0 Å². The summed E-state index contributed by atoms with van der Waals surface area (Å²) in [6.07, 6.45) is 3.27. The monoisotopic (exact) mass is 226 g/mol. The molecule has 0 amide bonds. The first-order valence-electron chi connectivity index (χ1n) is 5.04. The summed E-state index contributed by atoms with van der Waals surface area (Å²) >= 11 is 1.88. The van der Waals surface area contributed by atoms with Crippen molar-refractivity contribution in [3.8, 4) is 5.88 Å². The molecule has 0 aromatic carbocycles. The molecular formula is C11H18N2OS. The molecule has 0 saturated carbocycles. The molecule has 0 aliphatic carbocycles. The standard InChI is InChI=1S/C11H18N2OS/c1-9(15-3)7-8-12-10-5-4-6-11(13-10)14-2/h4-6,9H,7-8H2,1-3H3,(H,12,13). The number of aromatic nitrogens is 1. The summed E-state index contributed by atoms with van der Waals surface area (Å²) in [7, 11) is 1.63. The smallest absolute Gasteiger partial charge is 0.214 e. The lowest BCUT2D eigenvalue weighted by Gasteiger charge is -2.09. The Morgan fingerprint density at radius 3 is 3.00 bits per heavy atom. The summed E-state index contributed by atoms with van der Waals surface area (Å²) in [6.45, 7) is 3.17. The normalized spacial score (nSPS) is 12.2. The summed E-state index contributed by atoms with van der Waals surface area (Å²) < 4.78 is 5.05. The fraction of sp³-hybridized carbons (Fsp3) is 0.545. The molecule has 0 aliphatic rings. The molecule has 1 N–H and O–H groups in total. The molecule has 1 atom stereocenters. The summed E-state index contributed by atoms with van der Waals surface area (Å²) in [5.41, 5.74) is 0. The van der Waals surface area contributed by atoms with Gasteiger partial charge in [-0.3, -0.25) is 0 Å². The number of anilines is 1. The largest absolute Gasteiger partial charge is 0.481 e. The lowest BCUT2D eigenvalue weighted by Crippen LogP contribution is -2.08. The topological polar surface area (TPSA) is 34.1 Å². The van der Waals surface area contributed by atoms with Crippen molar-refractivity contribution >= 4 is 17.6 Å². The number of ether oxygens (including phenoxy) is 1. The van der Waals surface area contributed by atoms with E-state index in [0.717, 1.165) is 18.8 Å². The fourth-order valence-corrected chi connectivity index (χ4v) is 1.50. The highest BCUT2D eigenvalue weighted by Crippen LogP contribution is 2.12. The van der Waals surface area contributed by atoms with Gasteiger partial charge in [-0.05, 0) is 18.7 Å². The number of nitrogens with one attached hydrogen (secondary N) is 1. The molecule has 0 aliphatic heterocycles. The molecule has 4 heteroatoms. The average Bonchev–Trinajstić information content (AvgIpc) is 2.29. The van der Waals surface area contributed by atoms with Gasteiger partial charge < -0.3 is 10.1 Å². The molecule has 84 valence electrons. The first kappa shape index (κ1) is 12.2. The van der Waals surface area contributed by atoms with Gasteiger partial charge in [0.15, 0.2) is 0 Å². The minimum absolute atomic E-state index is 0.651. The molecule has 0 saturated heterocycles. The van der Waals surface area contributed by atoms with Gasteiger partial charge in [-0.1, -0.05) is 13.0 Å². The number of methoxy groups -OCH3 is 1. The zero-order valence-electron chi connectivity index (χ0n) is 9.49. The van der Waals surface area contributed by atoms with Crippen molar-refractivity contribution in [2.45, 2.75) is 18.6 Å². The zero-order valence-corrected chi connectivity index (χ0v) is 10.3. The van der Waals surface area contributed by atoms with Crippen LogP contribution in [0.2, 0.25) is 0 Å². The third-order valence-corrected chi connectivity index (χ3v) is 3.23. The quantitative estimate of drug-likeness (QED) is 0.808. The number of pyridine rings is 1. The van der Waals surface area contributed by atoms with E-state index in [1.165, 1.54) is 0 Å². The Labute approximate surface area is 95.6 Å². The Balaban J connectivity index is 2.37. The highest BCUT2D eigenvalue weighted by atomic mass is 32.2. The number of nitrogens with zero attached hydrogens (tertiary/aromatic N) is 1. The van der Waals surface area contributed by atoms with Crippen LogP contribution in [-0.4, -0.2) is 30.1 Å². The van der Waals surface area contributed by atoms with Crippen LogP contribution in [0.15, 0.2) is 18.2 Å². The van der Waals surface area contributed by atoms with Crippen molar-refractivity contribution in [3.05, 3.63) is 18.2 Å². The molecule has 0 radical (unpaired) electrons. The molecule has 1 rings (SSSR count). The van der Waals surface area contributed by atoms with Crippen molar-refractivity contribution in [2.75, 3.05) is 25.2 Å². The molecule has 1 aromatic heterocycles. The molecule has 3 nitrogen and oxygen atoms in total. The zero-order chi connectivity index (χ0) is 11.1. The first-order valence-corrected chi connectivity index (χ1v) is 6.32. The van der Waals surface area contributed by atoms with Crippen LogP contribution >= 0.6 is 11.8 Å². The SMILES string of the molecule is COc1cccc(NCCC(C)SC)n1. The van der Waals surface area contributed by atoms with E-state index in [0.29, 0.717) is 11.1 Å². The van der Waals surface area contributed by atoms with Crippen LogP contribution in [0.5, 0.6) is 5.88 Å². The summed E-state index contributed by atoms with van der Waals surface area (Å²) in [5.74, 6) is 1.53. The van der Waals surface area contributed by atoms with Crippen LogP contribution in [0.3, 0.4) is 0 Å². The molecule has 0 fully saturated rings. The van der Waals surface area contributed by atoms with Crippen LogP contribution in [0.25, 0.3) is 0 Å².